The molecule has 0 amide bonds. The van der Waals surface area contributed by atoms with Crippen molar-refractivity contribution < 1.29 is 55.8 Å². The van der Waals surface area contributed by atoms with Gasteiger partial charge in [0.05, 0.1) is 6.61 Å². The number of ether oxygens (including phenoxy) is 2. The van der Waals surface area contributed by atoms with E-state index in [0.717, 1.165) is 6.92 Å². The standard InChI is InChI=1S/C10H20BO12P3/c1-3-10(12)21-7-5-9(11)20-8(7)6-19-25(15,16)23-26(17,18)22-24(13,14)4-2/h7-9H,3-6H2,1-2H3,(H,13,14)(H,15,16)(H,17,18)/p-3. The Morgan fingerprint density at radius 3 is 2.31 bits per heavy atom. The van der Waals surface area contributed by atoms with Crippen LogP contribution in [0.5, 0.6) is 0 Å². The fraction of sp³-hybridized carbons (Fsp3) is 0.900. The Morgan fingerprint density at radius 1 is 1.15 bits per heavy atom. The zero-order valence-corrected chi connectivity index (χ0v) is 16.6. The Bertz CT molecular complexity index is 641. The van der Waals surface area contributed by atoms with Crippen molar-refractivity contribution in [1.29, 1.82) is 0 Å². The Hall–Kier alpha value is -0.0551. The van der Waals surface area contributed by atoms with Crippen molar-refractivity contribution in [3.8, 4) is 0 Å². The molecule has 6 unspecified atom stereocenters. The molecule has 0 aliphatic carbocycles. The molecule has 0 aromatic rings. The van der Waals surface area contributed by atoms with Crippen LogP contribution in [0.2, 0.25) is 0 Å². The van der Waals surface area contributed by atoms with Gasteiger partial charge in [0.1, 0.15) is 27.6 Å². The van der Waals surface area contributed by atoms with E-state index in [1.165, 1.54) is 0 Å². The van der Waals surface area contributed by atoms with Crippen molar-refractivity contribution in [2.24, 2.45) is 0 Å². The largest absolute Gasteiger partial charge is 0.778 e. The molecule has 0 saturated carbocycles. The Morgan fingerprint density at radius 2 is 1.77 bits per heavy atom. The number of rotatable bonds is 10. The number of esters is 1. The van der Waals surface area contributed by atoms with Crippen LogP contribution < -0.4 is 14.7 Å². The molecule has 0 N–H and O–H groups in total. The number of hydrogen-bond donors (Lipinski definition) is 0. The zero-order chi connectivity index (χ0) is 20.2. The molecule has 16 heteroatoms. The highest BCUT2D eigenvalue weighted by molar-refractivity contribution is 7.66. The van der Waals surface area contributed by atoms with Gasteiger partial charge in [-0.2, -0.15) is 0 Å². The minimum absolute atomic E-state index is 0.0614. The summed E-state index contributed by atoms with van der Waals surface area (Å²) in [4.78, 5) is 45.4. The van der Waals surface area contributed by atoms with E-state index < -0.39 is 60.2 Å². The van der Waals surface area contributed by atoms with Gasteiger partial charge in [0.15, 0.2) is 0 Å². The Labute approximate surface area is 151 Å². The molecule has 0 bridgehead atoms. The van der Waals surface area contributed by atoms with Crippen LogP contribution in [0, 0.1) is 0 Å². The summed E-state index contributed by atoms with van der Waals surface area (Å²) < 4.78 is 55.9. The highest BCUT2D eigenvalue weighted by Gasteiger charge is 2.36. The number of phosphoric acid groups is 2. The van der Waals surface area contributed by atoms with Gasteiger partial charge in [-0.3, -0.25) is 18.2 Å². The van der Waals surface area contributed by atoms with Crippen LogP contribution in [0.25, 0.3) is 0 Å². The second-order valence-electron chi connectivity index (χ2n) is 5.11. The van der Waals surface area contributed by atoms with Crippen molar-refractivity contribution in [3.05, 3.63) is 0 Å². The SMILES string of the molecule is [B]C1CC(OC(=O)CC)C(COP(=O)([O-])OP(=O)([O-])OP(=O)([O-])CC)O1. The average molecular weight is 433 g/mol. The molecule has 1 fully saturated rings. The summed E-state index contributed by atoms with van der Waals surface area (Å²) in [6, 6.07) is -0.852. The fourth-order valence-corrected chi connectivity index (χ4v) is 5.37. The van der Waals surface area contributed by atoms with E-state index in [1.807, 2.05) is 0 Å². The molecule has 0 aromatic heterocycles. The van der Waals surface area contributed by atoms with E-state index in [1.54, 1.807) is 6.92 Å². The van der Waals surface area contributed by atoms with E-state index >= 15 is 0 Å². The second kappa shape index (κ2) is 9.43. The van der Waals surface area contributed by atoms with Gasteiger partial charge in [-0.05, 0) is 0 Å². The van der Waals surface area contributed by atoms with Gasteiger partial charge in [0.25, 0.3) is 15.6 Å². The number of hydrogen-bond acceptors (Lipinski definition) is 12. The lowest BCUT2D eigenvalue weighted by molar-refractivity contribution is -0.245. The zero-order valence-electron chi connectivity index (χ0n) is 13.9. The van der Waals surface area contributed by atoms with Gasteiger partial charge in [-0.15, -0.1) is 0 Å². The first kappa shape index (κ1) is 24.0. The van der Waals surface area contributed by atoms with Gasteiger partial charge < -0.3 is 33.2 Å². The van der Waals surface area contributed by atoms with Crippen LogP contribution in [-0.4, -0.2) is 44.8 Å². The molecule has 1 rings (SSSR count). The molecule has 0 aromatic carbocycles. The third kappa shape index (κ3) is 8.31. The lowest BCUT2D eigenvalue weighted by Gasteiger charge is -2.34. The van der Waals surface area contributed by atoms with Crippen molar-refractivity contribution in [2.45, 2.75) is 44.9 Å². The minimum Gasteiger partial charge on any atom is -0.778 e. The van der Waals surface area contributed by atoms with E-state index in [-0.39, 0.29) is 12.8 Å². The quantitative estimate of drug-likeness (QED) is 0.237. The van der Waals surface area contributed by atoms with Crippen LogP contribution in [0.3, 0.4) is 0 Å². The molecule has 26 heavy (non-hydrogen) atoms. The van der Waals surface area contributed by atoms with Crippen LogP contribution in [0.15, 0.2) is 0 Å². The minimum atomic E-state index is -5.75. The Kier molecular flexibility index (Phi) is 8.70. The van der Waals surface area contributed by atoms with E-state index in [9.17, 15) is 33.2 Å². The van der Waals surface area contributed by atoms with Crippen molar-refractivity contribution >= 4 is 37.1 Å². The van der Waals surface area contributed by atoms with E-state index in [0.29, 0.717) is 0 Å². The molecular formula is C10H17BO12P3-3. The maximum Gasteiger partial charge on any atom is 0.305 e. The maximum absolute atomic E-state index is 11.6. The van der Waals surface area contributed by atoms with Gasteiger partial charge >= 0.3 is 5.97 Å². The van der Waals surface area contributed by atoms with Crippen molar-refractivity contribution in [2.75, 3.05) is 12.8 Å². The normalized spacial score (nSPS) is 30.1. The average Bonchev–Trinajstić information content (AvgIpc) is 2.82. The summed E-state index contributed by atoms with van der Waals surface area (Å²) in [6.45, 7) is 1.85. The summed E-state index contributed by atoms with van der Waals surface area (Å²) >= 11 is 0. The summed E-state index contributed by atoms with van der Waals surface area (Å²) in [5, 5.41) is 0. The second-order valence-corrected chi connectivity index (χ2v) is 10.3. The predicted molar refractivity (Wildman–Crippen MR) is 80.7 cm³/mol. The monoisotopic (exact) mass is 433 g/mol. The molecule has 1 saturated heterocycles. The molecule has 150 valence electrons. The van der Waals surface area contributed by atoms with Crippen molar-refractivity contribution in [1.82, 2.24) is 0 Å². The highest BCUT2D eigenvalue weighted by Crippen LogP contribution is 2.62. The summed E-state index contributed by atoms with van der Waals surface area (Å²) in [5.41, 5.74) is 0. The van der Waals surface area contributed by atoms with E-state index in [4.69, 9.17) is 17.3 Å². The first-order valence-electron chi connectivity index (χ1n) is 7.39. The third-order valence-electron chi connectivity index (χ3n) is 3.01. The lowest BCUT2D eigenvalue weighted by atomic mass is 9.96. The van der Waals surface area contributed by atoms with Gasteiger partial charge in [0.2, 0.25) is 0 Å². The van der Waals surface area contributed by atoms with Crippen LogP contribution in [0.4, 0.5) is 0 Å². The van der Waals surface area contributed by atoms with Crippen LogP contribution in [0.1, 0.15) is 26.7 Å². The van der Waals surface area contributed by atoms with E-state index in [2.05, 4.69) is 13.1 Å². The predicted octanol–water partition coefficient (Wildman–Crippen LogP) is -0.848. The topological polar surface area (TPSA) is 184 Å². The molecular weight excluding hydrogens is 416 g/mol. The van der Waals surface area contributed by atoms with Gasteiger partial charge in [-0.1, -0.05) is 13.8 Å². The first-order valence-corrected chi connectivity index (χ1v) is 12.0. The highest BCUT2D eigenvalue weighted by atomic mass is 31.3. The first-order chi connectivity index (χ1) is 11.8. The summed E-state index contributed by atoms with van der Waals surface area (Å²) in [6.07, 6.45) is -2.58. The lowest BCUT2D eigenvalue weighted by Crippen LogP contribution is -2.31. The molecule has 1 heterocycles. The fourth-order valence-electron chi connectivity index (χ4n) is 1.81. The third-order valence-corrected chi connectivity index (χ3v) is 7.64. The smallest absolute Gasteiger partial charge is 0.305 e. The summed E-state index contributed by atoms with van der Waals surface area (Å²) in [7, 11) is -10.6. The van der Waals surface area contributed by atoms with Gasteiger partial charge in [-0.25, -0.2) is 4.31 Å². The number of phosphoric ester groups is 1. The molecule has 6 atom stereocenters. The van der Waals surface area contributed by atoms with Crippen LogP contribution >= 0.6 is 23.2 Å². The molecule has 0 spiro atoms. The maximum atomic E-state index is 11.6. The molecule has 12 nitrogen and oxygen atoms in total. The van der Waals surface area contributed by atoms with Gasteiger partial charge in [0, 0.05) is 25.0 Å². The number of carbonyl (C=O) groups excluding carboxylic acids is 1. The Balaban J connectivity index is 2.66. The number of carbonyl (C=O) groups is 1. The molecule has 1 aliphatic rings. The summed E-state index contributed by atoms with van der Waals surface area (Å²) in [5.74, 6) is -0.581. The van der Waals surface area contributed by atoms with Crippen molar-refractivity contribution in [3.63, 3.8) is 0 Å². The molecule has 2 radical (unpaired) electrons. The molecule has 1 aliphatic heterocycles. The van der Waals surface area contributed by atoms with Crippen LogP contribution in [-0.2, 0) is 41.1 Å².